The Kier molecular flexibility index (Phi) is 7.71. The van der Waals surface area contributed by atoms with E-state index in [0.29, 0.717) is 35.3 Å². The Labute approximate surface area is 206 Å². The van der Waals surface area contributed by atoms with Crippen molar-refractivity contribution in [1.82, 2.24) is 15.3 Å². The smallest absolute Gasteiger partial charge is 0.415 e. The van der Waals surface area contributed by atoms with Gasteiger partial charge in [-0.25, -0.2) is 14.8 Å². The quantitative estimate of drug-likeness (QED) is 0.559. The van der Waals surface area contributed by atoms with E-state index in [2.05, 4.69) is 36.1 Å². The summed E-state index contributed by atoms with van der Waals surface area (Å²) in [4.78, 5) is 35.7. The minimum Gasteiger partial charge on any atom is -0.447 e. The lowest BCUT2D eigenvalue weighted by Crippen LogP contribution is -2.37. The summed E-state index contributed by atoms with van der Waals surface area (Å²) in [6, 6.07) is 7.55. The van der Waals surface area contributed by atoms with E-state index in [-0.39, 0.29) is 35.9 Å². The van der Waals surface area contributed by atoms with Crippen LogP contribution in [0.3, 0.4) is 0 Å². The fourth-order valence-corrected chi connectivity index (χ4v) is 5.01. The Hall–Kier alpha value is -2.67. The lowest BCUT2D eigenvalue weighted by Gasteiger charge is -2.23. The molecule has 7 nitrogen and oxygen atoms in total. The average molecular weight is 485 g/mol. The zero-order chi connectivity index (χ0) is 24.2. The average Bonchev–Trinajstić information content (AvgIpc) is 3.21. The second-order valence-electron chi connectivity index (χ2n) is 9.74. The topological polar surface area (TPSA) is 84.4 Å². The molecule has 1 aliphatic carbocycles. The molecule has 2 heterocycles. The van der Waals surface area contributed by atoms with Crippen molar-refractivity contribution in [1.29, 1.82) is 0 Å². The van der Waals surface area contributed by atoms with Gasteiger partial charge in [0.1, 0.15) is 18.2 Å². The first-order chi connectivity index (χ1) is 16.3. The Morgan fingerprint density at radius 3 is 2.68 bits per heavy atom. The molecular weight excluding hydrogens is 452 g/mol. The van der Waals surface area contributed by atoms with Crippen molar-refractivity contribution in [2.24, 2.45) is 5.92 Å². The highest BCUT2D eigenvalue weighted by Crippen LogP contribution is 2.28. The second-order valence-corrected chi connectivity index (χ2v) is 10.1. The Bertz CT molecular complexity index is 1040. The molecular formula is C26H33ClN4O3. The van der Waals surface area contributed by atoms with Crippen molar-refractivity contribution in [3.05, 3.63) is 52.4 Å². The number of nitrogens with zero attached hydrogens (tertiary/aromatic N) is 3. The molecule has 2 aliphatic rings. The number of amides is 2. The predicted molar refractivity (Wildman–Crippen MR) is 132 cm³/mol. The third kappa shape index (κ3) is 5.52. The summed E-state index contributed by atoms with van der Waals surface area (Å²) in [6.45, 7) is 6.56. The number of rotatable bonds is 7. The van der Waals surface area contributed by atoms with Crippen LogP contribution in [-0.4, -0.2) is 40.7 Å². The van der Waals surface area contributed by atoms with E-state index in [0.717, 1.165) is 31.2 Å². The monoisotopic (exact) mass is 484 g/mol. The molecule has 2 aromatic rings. The zero-order valence-electron chi connectivity index (χ0n) is 20.1. The first-order valence-corrected chi connectivity index (χ1v) is 12.6. The maximum atomic E-state index is 12.7. The van der Waals surface area contributed by atoms with Crippen molar-refractivity contribution in [3.63, 3.8) is 0 Å². The van der Waals surface area contributed by atoms with E-state index in [1.54, 1.807) is 23.2 Å². The van der Waals surface area contributed by atoms with Crippen molar-refractivity contribution >= 4 is 29.4 Å². The number of hydrogen-bond acceptors (Lipinski definition) is 5. The van der Waals surface area contributed by atoms with Crippen LogP contribution in [-0.2, 0) is 11.2 Å². The molecule has 2 atom stereocenters. The van der Waals surface area contributed by atoms with Crippen molar-refractivity contribution in [2.75, 3.05) is 11.5 Å². The van der Waals surface area contributed by atoms with E-state index in [9.17, 15) is 9.59 Å². The van der Waals surface area contributed by atoms with Crippen LogP contribution in [0.4, 0.5) is 10.6 Å². The van der Waals surface area contributed by atoms with E-state index in [4.69, 9.17) is 16.3 Å². The minimum absolute atomic E-state index is 0.0428. The summed E-state index contributed by atoms with van der Waals surface area (Å²) in [5.41, 5.74) is 1.52. The number of anilines is 1. The van der Waals surface area contributed by atoms with Gasteiger partial charge in [-0.1, -0.05) is 57.7 Å². The van der Waals surface area contributed by atoms with Crippen LogP contribution in [0.5, 0.6) is 0 Å². The van der Waals surface area contributed by atoms with E-state index in [1.165, 1.54) is 6.42 Å². The van der Waals surface area contributed by atoms with Gasteiger partial charge in [0.25, 0.3) is 5.91 Å². The molecule has 1 N–H and O–H groups in total. The molecule has 182 valence electrons. The maximum Gasteiger partial charge on any atom is 0.415 e. The standard InChI is InChI=1S/C26H33ClN4O3/c1-16(2)22-15-34-26(33)31(22)24-11-12-28-23(30-24)13-17(3)18-9-10-20(21(27)14-18)25(32)29-19-7-5-4-6-8-19/h9-12,14,16-17,19,22H,4-8,13,15H2,1-3H3,(H,29,32)/t17-,22-/m1/s1. The van der Waals surface area contributed by atoms with Crippen molar-refractivity contribution < 1.29 is 14.3 Å². The van der Waals surface area contributed by atoms with Crippen molar-refractivity contribution in [2.45, 2.75) is 77.3 Å². The highest BCUT2D eigenvalue weighted by atomic mass is 35.5. The lowest BCUT2D eigenvalue weighted by atomic mass is 9.94. The predicted octanol–water partition coefficient (Wildman–Crippen LogP) is 5.52. The van der Waals surface area contributed by atoms with Crippen LogP contribution >= 0.6 is 11.6 Å². The number of aromatic nitrogens is 2. The summed E-state index contributed by atoms with van der Waals surface area (Å²) in [6.07, 6.45) is 7.52. The van der Waals surface area contributed by atoms with E-state index < -0.39 is 0 Å². The van der Waals surface area contributed by atoms with Gasteiger partial charge in [-0.05, 0) is 48.4 Å². The third-order valence-corrected chi connectivity index (χ3v) is 7.16. The largest absolute Gasteiger partial charge is 0.447 e. The van der Waals surface area contributed by atoms with Gasteiger partial charge >= 0.3 is 6.09 Å². The van der Waals surface area contributed by atoms with Crippen LogP contribution in [0.25, 0.3) is 0 Å². The highest BCUT2D eigenvalue weighted by Gasteiger charge is 2.37. The molecule has 8 heteroatoms. The number of hydrogen-bond donors (Lipinski definition) is 1. The molecule has 4 rings (SSSR count). The number of nitrogens with one attached hydrogen (secondary N) is 1. The lowest BCUT2D eigenvalue weighted by molar-refractivity contribution is 0.0927. The van der Waals surface area contributed by atoms with Gasteiger partial charge in [0.15, 0.2) is 0 Å². The zero-order valence-corrected chi connectivity index (χ0v) is 20.8. The molecule has 2 amide bonds. The number of cyclic esters (lactones) is 1. The first-order valence-electron chi connectivity index (χ1n) is 12.2. The van der Waals surface area contributed by atoms with E-state index in [1.807, 2.05) is 12.1 Å². The van der Waals surface area contributed by atoms with Crippen molar-refractivity contribution in [3.8, 4) is 0 Å². The Morgan fingerprint density at radius 1 is 1.21 bits per heavy atom. The van der Waals surface area contributed by atoms with Crippen LogP contribution in [0.1, 0.15) is 80.5 Å². The second kappa shape index (κ2) is 10.7. The Balaban J connectivity index is 1.44. The fourth-order valence-electron chi connectivity index (χ4n) is 4.73. The molecule has 0 radical (unpaired) electrons. The molecule has 1 aliphatic heterocycles. The van der Waals surface area contributed by atoms with Crippen LogP contribution in [0, 0.1) is 5.92 Å². The molecule has 0 spiro atoms. The Morgan fingerprint density at radius 2 is 1.97 bits per heavy atom. The molecule has 1 aromatic carbocycles. The van der Waals surface area contributed by atoms with Gasteiger partial charge in [0.2, 0.25) is 0 Å². The third-order valence-electron chi connectivity index (χ3n) is 6.85. The normalized spacial score (nSPS) is 19.9. The molecule has 2 fully saturated rings. The van der Waals surface area contributed by atoms with Gasteiger partial charge in [-0.2, -0.15) is 0 Å². The van der Waals surface area contributed by atoms with Gasteiger partial charge in [0, 0.05) is 18.7 Å². The minimum atomic E-state index is -0.370. The number of ether oxygens (including phenoxy) is 1. The fraction of sp³-hybridized carbons (Fsp3) is 0.538. The van der Waals surface area contributed by atoms with Gasteiger partial charge in [0.05, 0.1) is 16.6 Å². The number of carbonyl (C=O) groups is 2. The summed E-state index contributed by atoms with van der Waals surface area (Å²) in [5, 5.41) is 3.58. The van der Waals surface area contributed by atoms with Gasteiger partial charge in [-0.3, -0.25) is 9.69 Å². The highest BCUT2D eigenvalue weighted by molar-refractivity contribution is 6.33. The molecule has 0 bridgehead atoms. The molecule has 1 aromatic heterocycles. The molecule has 0 unspecified atom stereocenters. The summed E-state index contributed by atoms with van der Waals surface area (Å²) >= 11 is 6.51. The van der Waals surface area contributed by atoms with Crippen LogP contribution < -0.4 is 10.2 Å². The number of carbonyl (C=O) groups excluding carboxylic acids is 2. The summed E-state index contributed by atoms with van der Waals surface area (Å²) in [5.74, 6) is 1.42. The number of halogens is 1. The molecule has 1 saturated carbocycles. The SMILES string of the molecule is CC(C)[C@H]1COC(=O)N1c1ccnc(C[C@@H](C)c2ccc(C(=O)NC3CCCCC3)c(Cl)c2)n1. The maximum absolute atomic E-state index is 12.7. The van der Waals surface area contributed by atoms with Crippen LogP contribution in [0.2, 0.25) is 5.02 Å². The summed E-state index contributed by atoms with van der Waals surface area (Å²) in [7, 11) is 0. The first kappa shape index (κ1) is 24.5. The van der Waals surface area contributed by atoms with Gasteiger partial charge < -0.3 is 10.1 Å². The molecule has 1 saturated heterocycles. The van der Waals surface area contributed by atoms with Gasteiger partial charge in [-0.15, -0.1) is 0 Å². The number of benzene rings is 1. The van der Waals surface area contributed by atoms with E-state index >= 15 is 0 Å². The summed E-state index contributed by atoms with van der Waals surface area (Å²) < 4.78 is 5.25. The molecule has 34 heavy (non-hydrogen) atoms. The van der Waals surface area contributed by atoms with Crippen LogP contribution in [0.15, 0.2) is 30.5 Å².